The zero-order chi connectivity index (χ0) is 12.6. The van der Waals surface area contributed by atoms with Gasteiger partial charge in [-0.15, -0.1) is 0 Å². The number of nitrogens with zero attached hydrogens (tertiary/aromatic N) is 1. The van der Waals surface area contributed by atoms with Crippen LogP contribution in [0.2, 0.25) is 0 Å². The number of esters is 1. The number of hydrogen-bond acceptors (Lipinski definition) is 4. The zero-order valence-electron chi connectivity index (χ0n) is 10.2. The van der Waals surface area contributed by atoms with Crippen LogP contribution < -0.4 is 11.1 Å². The lowest BCUT2D eigenvalue weighted by molar-refractivity contribution is -0.142. The van der Waals surface area contributed by atoms with E-state index in [1.54, 1.807) is 4.90 Å². The highest BCUT2D eigenvalue weighted by atomic mass is 16.5. The van der Waals surface area contributed by atoms with E-state index in [-0.39, 0.29) is 12.6 Å². The summed E-state index contributed by atoms with van der Waals surface area (Å²) in [5.41, 5.74) is 5.38. The van der Waals surface area contributed by atoms with E-state index in [1.807, 2.05) is 13.8 Å². The van der Waals surface area contributed by atoms with Crippen LogP contribution in [-0.4, -0.2) is 49.7 Å². The third kappa shape index (κ3) is 4.48. The van der Waals surface area contributed by atoms with E-state index in [2.05, 4.69) is 10.1 Å². The number of nitrogens with one attached hydrogen (secondary N) is 1. The van der Waals surface area contributed by atoms with Gasteiger partial charge in [0, 0.05) is 19.6 Å². The zero-order valence-corrected chi connectivity index (χ0v) is 10.2. The van der Waals surface area contributed by atoms with Gasteiger partial charge in [0.1, 0.15) is 6.04 Å². The van der Waals surface area contributed by atoms with Gasteiger partial charge >= 0.3 is 12.0 Å². The summed E-state index contributed by atoms with van der Waals surface area (Å²) in [7, 11) is 1.26. The van der Waals surface area contributed by atoms with Crippen molar-refractivity contribution in [3.63, 3.8) is 0 Å². The van der Waals surface area contributed by atoms with E-state index in [1.165, 1.54) is 7.11 Å². The molecule has 2 amide bonds. The molecule has 3 N–H and O–H groups in total. The number of nitrogens with two attached hydrogens (primary N) is 1. The van der Waals surface area contributed by atoms with Crippen molar-refractivity contribution in [1.82, 2.24) is 10.2 Å². The van der Waals surface area contributed by atoms with Crippen LogP contribution in [-0.2, 0) is 9.53 Å². The molecule has 0 saturated carbocycles. The summed E-state index contributed by atoms with van der Waals surface area (Å²) >= 11 is 0. The Morgan fingerprint density at radius 3 is 2.44 bits per heavy atom. The predicted octanol–water partition coefficient (Wildman–Crippen LogP) is -0.0718. The van der Waals surface area contributed by atoms with Crippen molar-refractivity contribution in [3.05, 3.63) is 0 Å². The van der Waals surface area contributed by atoms with Crippen molar-refractivity contribution in [1.29, 1.82) is 0 Å². The second-order valence-corrected chi connectivity index (χ2v) is 3.34. The molecule has 6 nitrogen and oxygen atoms in total. The van der Waals surface area contributed by atoms with Gasteiger partial charge in [-0.1, -0.05) is 6.92 Å². The summed E-state index contributed by atoms with van der Waals surface area (Å²) in [6.07, 6.45) is 0.868. The SMILES string of the molecule is CCCN(CC)C(=O)NC(CN)C(=O)OC. The van der Waals surface area contributed by atoms with Crippen molar-refractivity contribution >= 4 is 12.0 Å². The van der Waals surface area contributed by atoms with Gasteiger partial charge in [-0.25, -0.2) is 9.59 Å². The molecule has 0 rings (SSSR count). The highest BCUT2D eigenvalue weighted by molar-refractivity contribution is 5.83. The smallest absolute Gasteiger partial charge is 0.329 e. The molecule has 0 aromatic heterocycles. The number of methoxy groups -OCH3 is 1. The molecule has 16 heavy (non-hydrogen) atoms. The van der Waals surface area contributed by atoms with Crippen molar-refractivity contribution in [3.8, 4) is 0 Å². The van der Waals surface area contributed by atoms with Crippen molar-refractivity contribution in [2.45, 2.75) is 26.3 Å². The third-order valence-corrected chi connectivity index (χ3v) is 2.18. The number of urea groups is 1. The first kappa shape index (κ1) is 14.7. The van der Waals surface area contributed by atoms with Crippen LogP contribution in [0.3, 0.4) is 0 Å². The Kier molecular flexibility index (Phi) is 7.28. The van der Waals surface area contributed by atoms with E-state index in [0.717, 1.165) is 6.42 Å². The van der Waals surface area contributed by atoms with Gasteiger partial charge in [0.05, 0.1) is 7.11 Å². The summed E-state index contributed by atoms with van der Waals surface area (Å²) in [5, 5.41) is 2.54. The Hall–Kier alpha value is -1.30. The van der Waals surface area contributed by atoms with Gasteiger partial charge in [0.15, 0.2) is 0 Å². The second kappa shape index (κ2) is 7.92. The number of carbonyl (C=O) groups excluding carboxylic acids is 2. The Bertz CT molecular complexity index is 233. The molecule has 0 fully saturated rings. The average Bonchev–Trinajstić information content (AvgIpc) is 2.31. The molecule has 0 aliphatic heterocycles. The second-order valence-electron chi connectivity index (χ2n) is 3.34. The minimum Gasteiger partial charge on any atom is -0.467 e. The number of hydrogen-bond donors (Lipinski definition) is 2. The van der Waals surface area contributed by atoms with Crippen molar-refractivity contribution in [2.75, 3.05) is 26.7 Å². The standard InChI is InChI=1S/C10H21N3O3/c1-4-6-13(5-2)10(15)12-8(7-11)9(14)16-3/h8H,4-7,11H2,1-3H3,(H,12,15). The maximum absolute atomic E-state index is 11.7. The van der Waals surface area contributed by atoms with Crippen LogP contribution in [0.1, 0.15) is 20.3 Å². The van der Waals surface area contributed by atoms with E-state index in [0.29, 0.717) is 13.1 Å². The lowest BCUT2D eigenvalue weighted by Crippen LogP contribution is -2.51. The van der Waals surface area contributed by atoms with Gasteiger partial charge in [-0.05, 0) is 13.3 Å². The highest BCUT2D eigenvalue weighted by Crippen LogP contribution is 1.94. The molecule has 0 bridgehead atoms. The Labute approximate surface area is 96.1 Å². The summed E-state index contributed by atoms with van der Waals surface area (Å²) in [6, 6.07) is -1.06. The largest absolute Gasteiger partial charge is 0.467 e. The van der Waals surface area contributed by atoms with E-state index < -0.39 is 12.0 Å². The van der Waals surface area contributed by atoms with Crippen LogP contribution in [0.4, 0.5) is 4.79 Å². The van der Waals surface area contributed by atoms with Gasteiger partial charge in [-0.2, -0.15) is 0 Å². The van der Waals surface area contributed by atoms with Crippen LogP contribution in [0, 0.1) is 0 Å². The molecule has 0 spiro atoms. The molecular weight excluding hydrogens is 210 g/mol. The fourth-order valence-corrected chi connectivity index (χ4v) is 1.27. The molecule has 6 heteroatoms. The molecule has 0 aliphatic rings. The van der Waals surface area contributed by atoms with E-state index in [4.69, 9.17) is 5.73 Å². The third-order valence-electron chi connectivity index (χ3n) is 2.18. The Balaban J connectivity index is 4.32. The number of amides is 2. The van der Waals surface area contributed by atoms with E-state index >= 15 is 0 Å². The first-order valence-corrected chi connectivity index (χ1v) is 5.43. The van der Waals surface area contributed by atoms with Gasteiger partial charge in [-0.3, -0.25) is 0 Å². The Morgan fingerprint density at radius 1 is 1.44 bits per heavy atom. The highest BCUT2D eigenvalue weighted by Gasteiger charge is 2.21. The summed E-state index contributed by atoms with van der Waals surface area (Å²) in [4.78, 5) is 24.5. The molecule has 0 radical (unpaired) electrons. The molecule has 1 unspecified atom stereocenters. The maximum atomic E-state index is 11.7. The lowest BCUT2D eigenvalue weighted by atomic mass is 10.3. The molecule has 0 aromatic carbocycles. The van der Waals surface area contributed by atoms with Gasteiger partial charge < -0.3 is 20.7 Å². The quantitative estimate of drug-likeness (QED) is 0.627. The monoisotopic (exact) mass is 231 g/mol. The molecule has 0 saturated heterocycles. The van der Waals surface area contributed by atoms with Crippen LogP contribution in [0.25, 0.3) is 0 Å². The normalized spacial score (nSPS) is 11.8. The number of carbonyl (C=O) groups is 2. The average molecular weight is 231 g/mol. The van der Waals surface area contributed by atoms with Gasteiger partial charge in [0.2, 0.25) is 0 Å². The molecule has 94 valence electrons. The summed E-state index contributed by atoms with van der Waals surface area (Å²) in [6.45, 7) is 5.14. The molecule has 0 aromatic rings. The minimum absolute atomic E-state index is 0.0299. The first-order chi connectivity index (χ1) is 7.60. The number of rotatable bonds is 6. The molecule has 0 aliphatic carbocycles. The first-order valence-electron chi connectivity index (χ1n) is 5.43. The fourth-order valence-electron chi connectivity index (χ4n) is 1.27. The predicted molar refractivity (Wildman–Crippen MR) is 60.9 cm³/mol. The van der Waals surface area contributed by atoms with E-state index in [9.17, 15) is 9.59 Å². The molecule has 0 heterocycles. The summed E-state index contributed by atoms with van der Waals surface area (Å²) < 4.78 is 4.53. The molecule has 1 atom stereocenters. The summed E-state index contributed by atoms with van der Waals surface area (Å²) in [5.74, 6) is -0.525. The minimum atomic E-state index is -0.775. The van der Waals surface area contributed by atoms with Crippen LogP contribution in [0.5, 0.6) is 0 Å². The van der Waals surface area contributed by atoms with Crippen LogP contribution in [0.15, 0.2) is 0 Å². The molecular formula is C10H21N3O3. The topological polar surface area (TPSA) is 84.7 Å². The van der Waals surface area contributed by atoms with Gasteiger partial charge in [0.25, 0.3) is 0 Å². The van der Waals surface area contributed by atoms with Crippen molar-refractivity contribution in [2.24, 2.45) is 5.73 Å². The fraction of sp³-hybridized carbons (Fsp3) is 0.800. The maximum Gasteiger partial charge on any atom is 0.329 e. The lowest BCUT2D eigenvalue weighted by Gasteiger charge is -2.23. The van der Waals surface area contributed by atoms with Crippen LogP contribution >= 0.6 is 0 Å². The Morgan fingerprint density at radius 2 is 2.06 bits per heavy atom. The van der Waals surface area contributed by atoms with Crippen molar-refractivity contribution < 1.29 is 14.3 Å². The number of ether oxygens (including phenoxy) is 1.